The van der Waals surface area contributed by atoms with Crippen LogP contribution in [-0.2, 0) is 22.6 Å². The molecule has 1 aromatic heterocycles. The fourth-order valence-corrected chi connectivity index (χ4v) is 1.47. The van der Waals surface area contributed by atoms with Gasteiger partial charge in [0, 0.05) is 14.2 Å². The lowest BCUT2D eigenvalue weighted by atomic mass is 10.3. The number of nitrogens with one attached hydrogen (secondary N) is 1. The highest BCUT2D eigenvalue weighted by molar-refractivity contribution is 7.71. The van der Waals surface area contributed by atoms with Crippen molar-refractivity contribution in [2.24, 2.45) is 0 Å². The lowest BCUT2D eigenvalue weighted by Crippen LogP contribution is -2.25. The van der Waals surface area contributed by atoms with Crippen LogP contribution < -0.4 is 0 Å². The summed E-state index contributed by atoms with van der Waals surface area (Å²) < 4.78 is 12.4. The topological polar surface area (TPSA) is 72.3 Å². The number of methoxy groups -OCH3 is 2. The number of hydrogen-bond acceptors (Lipinski definition) is 5. The molecule has 1 rings (SSSR count). The van der Waals surface area contributed by atoms with Gasteiger partial charge in [0.05, 0.1) is 19.3 Å². The van der Waals surface area contributed by atoms with E-state index in [0.717, 1.165) is 0 Å². The quantitative estimate of drug-likeness (QED) is 0.682. The highest BCUT2D eigenvalue weighted by Crippen LogP contribution is 2.02. The molecular formula is C8H15N3O3S. The summed E-state index contributed by atoms with van der Waals surface area (Å²) in [6, 6.07) is 0. The summed E-state index contributed by atoms with van der Waals surface area (Å²) in [6.45, 7) is 0.820. The highest BCUT2D eigenvalue weighted by atomic mass is 32.1. The van der Waals surface area contributed by atoms with Gasteiger partial charge in [-0.05, 0) is 12.2 Å². The van der Waals surface area contributed by atoms with Crippen molar-refractivity contribution >= 4 is 12.2 Å². The van der Waals surface area contributed by atoms with Crippen molar-refractivity contribution in [1.82, 2.24) is 14.8 Å². The van der Waals surface area contributed by atoms with Crippen LogP contribution in [0.15, 0.2) is 0 Å². The standard InChI is InChI=1S/C8H15N3O3S/c1-13-5-6(14-2)3-11-7(4-12)9-10-8(11)15/h6,12H,3-5H2,1-2H3,(H,10,15). The Morgan fingerprint density at radius 3 is 2.87 bits per heavy atom. The number of aliphatic hydroxyl groups is 1. The largest absolute Gasteiger partial charge is 0.388 e. The van der Waals surface area contributed by atoms with Gasteiger partial charge in [0.15, 0.2) is 10.6 Å². The van der Waals surface area contributed by atoms with Crippen LogP contribution in [0.25, 0.3) is 0 Å². The summed E-state index contributed by atoms with van der Waals surface area (Å²) in [5.41, 5.74) is 0. The van der Waals surface area contributed by atoms with Crippen LogP contribution in [0.2, 0.25) is 0 Å². The van der Waals surface area contributed by atoms with Crippen LogP contribution in [0.4, 0.5) is 0 Å². The normalized spacial score (nSPS) is 13.0. The molecule has 0 radical (unpaired) electrons. The molecule has 1 unspecified atom stereocenters. The summed E-state index contributed by atoms with van der Waals surface area (Å²) in [4.78, 5) is 0. The number of H-pyrrole nitrogens is 1. The van der Waals surface area contributed by atoms with Gasteiger partial charge in [-0.2, -0.15) is 5.10 Å². The number of ether oxygens (including phenoxy) is 2. The summed E-state index contributed by atoms with van der Waals surface area (Å²) in [7, 11) is 3.21. The van der Waals surface area contributed by atoms with E-state index in [2.05, 4.69) is 10.2 Å². The number of nitrogens with zero attached hydrogens (tertiary/aromatic N) is 2. The fourth-order valence-electron chi connectivity index (χ4n) is 1.24. The van der Waals surface area contributed by atoms with Crippen LogP contribution in [0.5, 0.6) is 0 Å². The van der Waals surface area contributed by atoms with Crippen molar-refractivity contribution in [2.45, 2.75) is 19.3 Å². The average molecular weight is 233 g/mol. The van der Waals surface area contributed by atoms with Crippen molar-refractivity contribution < 1.29 is 14.6 Å². The first kappa shape index (κ1) is 12.3. The zero-order valence-electron chi connectivity index (χ0n) is 8.77. The molecule has 1 atom stereocenters. The van der Waals surface area contributed by atoms with Gasteiger partial charge in [0.1, 0.15) is 6.61 Å². The smallest absolute Gasteiger partial charge is 0.195 e. The molecule has 0 aliphatic carbocycles. The van der Waals surface area contributed by atoms with E-state index in [1.54, 1.807) is 18.8 Å². The molecule has 1 aromatic rings. The molecule has 6 nitrogen and oxygen atoms in total. The molecule has 0 fully saturated rings. The van der Waals surface area contributed by atoms with E-state index in [0.29, 0.717) is 23.7 Å². The lowest BCUT2D eigenvalue weighted by molar-refractivity contribution is 0.0171. The van der Waals surface area contributed by atoms with Crippen molar-refractivity contribution in [3.63, 3.8) is 0 Å². The molecule has 0 spiro atoms. The van der Waals surface area contributed by atoms with Gasteiger partial charge in [-0.25, -0.2) is 0 Å². The third-order valence-corrected chi connectivity index (χ3v) is 2.36. The summed E-state index contributed by atoms with van der Waals surface area (Å²) in [5.74, 6) is 0.498. The second kappa shape index (κ2) is 5.96. The van der Waals surface area contributed by atoms with Gasteiger partial charge in [-0.3, -0.25) is 9.67 Å². The van der Waals surface area contributed by atoms with Gasteiger partial charge in [0.2, 0.25) is 0 Å². The van der Waals surface area contributed by atoms with E-state index < -0.39 is 0 Å². The number of aromatic nitrogens is 3. The predicted molar refractivity (Wildman–Crippen MR) is 56.0 cm³/mol. The third kappa shape index (κ3) is 3.10. The zero-order chi connectivity index (χ0) is 11.3. The highest BCUT2D eigenvalue weighted by Gasteiger charge is 2.12. The number of rotatable bonds is 6. The van der Waals surface area contributed by atoms with Crippen molar-refractivity contribution in [3.05, 3.63) is 10.6 Å². The SMILES string of the molecule is COCC(Cn1c(CO)n[nH]c1=S)OC. The van der Waals surface area contributed by atoms with Gasteiger partial charge >= 0.3 is 0 Å². The van der Waals surface area contributed by atoms with Crippen LogP contribution in [-0.4, -0.2) is 46.8 Å². The molecule has 2 N–H and O–H groups in total. The summed E-state index contributed by atoms with van der Waals surface area (Å²) in [5, 5.41) is 15.5. The molecule has 0 bridgehead atoms. The first-order valence-corrected chi connectivity index (χ1v) is 4.90. The Hall–Kier alpha value is -0.760. The number of aromatic amines is 1. The zero-order valence-corrected chi connectivity index (χ0v) is 9.58. The monoisotopic (exact) mass is 233 g/mol. The molecule has 0 aromatic carbocycles. The van der Waals surface area contributed by atoms with Crippen molar-refractivity contribution in [1.29, 1.82) is 0 Å². The van der Waals surface area contributed by atoms with E-state index >= 15 is 0 Å². The fraction of sp³-hybridized carbons (Fsp3) is 0.750. The van der Waals surface area contributed by atoms with E-state index in [9.17, 15) is 0 Å². The maximum Gasteiger partial charge on any atom is 0.195 e. The minimum absolute atomic E-state index is 0.107. The first-order valence-electron chi connectivity index (χ1n) is 4.49. The van der Waals surface area contributed by atoms with Crippen LogP contribution in [0, 0.1) is 4.77 Å². The molecular weight excluding hydrogens is 218 g/mol. The predicted octanol–water partition coefficient (Wildman–Crippen LogP) is 0.0944. The molecule has 7 heteroatoms. The van der Waals surface area contributed by atoms with Gasteiger partial charge < -0.3 is 14.6 Å². The van der Waals surface area contributed by atoms with Gasteiger partial charge in [-0.1, -0.05) is 0 Å². The Labute approximate surface area is 92.8 Å². The molecule has 0 aliphatic rings. The summed E-state index contributed by atoms with van der Waals surface area (Å²) in [6.07, 6.45) is -0.107. The molecule has 86 valence electrons. The Bertz CT molecular complexity index is 349. The Morgan fingerprint density at radius 1 is 1.60 bits per heavy atom. The van der Waals surface area contributed by atoms with E-state index in [1.807, 2.05) is 0 Å². The van der Waals surface area contributed by atoms with Crippen LogP contribution in [0.1, 0.15) is 5.82 Å². The molecule has 0 aliphatic heterocycles. The maximum atomic E-state index is 9.03. The average Bonchev–Trinajstić information content (AvgIpc) is 2.59. The Balaban J connectivity index is 2.77. The molecule has 0 amide bonds. The molecule has 0 saturated carbocycles. The number of hydrogen-bond donors (Lipinski definition) is 2. The van der Waals surface area contributed by atoms with Crippen LogP contribution >= 0.6 is 12.2 Å². The molecule has 1 heterocycles. The Kier molecular flexibility index (Phi) is 4.89. The molecule has 0 saturated heterocycles. The van der Waals surface area contributed by atoms with Crippen LogP contribution in [0.3, 0.4) is 0 Å². The lowest BCUT2D eigenvalue weighted by Gasteiger charge is -2.15. The van der Waals surface area contributed by atoms with Gasteiger partial charge in [0.25, 0.3) is 0 Å². The van der Waals surface area contributed by atoms with E-state index in [-0.39, 0.29) is 12.7 Å². The minimum Gasteiger partial charge on any atom is -0.388 e. The second-order valence-electron chi connectivity index (χ2n) is 3.03. The van der Waals surface area contributed by atoms with Crippen molar-refractivity contribution in [3.8, 4) is 0 Å². The third-order valence-electron chi connectivity index (χ3n) is 2.05. The second-order valence-corrected chi connectivity index (χ2v) is 3.41. The first-order chi connectivity index (χ1) is 7.22. The van der Waals surface area contributed by atoms with E-state index in [1.165, 1.54) is 0 Å². The minimum atomic E-state index is -0.156. The van der Waals surface area contributed by atoms with Gasteiger partial charge in [-0.15, -0.1) is 0 Å². The van der Waals surface area contributed by atoms with Crippen molar-refractivity contribution in [2.75, 3.05) is 20.8 Å². The summed E-state index contributed by atoms with van der Waals surface area (Å²) >= 11 is 5.03. The maximum absolute atomic E-state index is 9.03. The number of aliphatic hydroxyl groups excluding tert-OH is 1. The molecule has 15 heavy (non-hydrogen) atoms. The Morgan fingerprint density at radius 2 is 2.33 bits per heavy atom. The van der Waals surface area contributed by atoms with E-state index in [4.69, 9.17) is 26.8 Å².